The smallest absolute Gasteiger partial charge is 0.247 e. The van der Waals surface area contributed by atoms with Crippen molar-refractivity contribution in [1.82, 2.24) is 14.9 Å². The molecule has 3 aliphatic rings. The zero-order valence-electron chi connectivity index (χ0n) is 19.0. The van der Waals surface area contributed by atoms with Crippen LogP contribution in [0.3, 0.4) is 0 Å². The first-order valence-corrected chi connectivity index (χ1v) is 11.7. The highest BCUT2D eigenvalue weighted by Gasteiger charge is 2.32. The molecule has 5 rings (SSSR count). The number of carbonyl (C=O) groups excluding carboxylic acids is 1. The lowest BCUT2D eigenvalue weighted by molar-refractivity contribution is -0.114. The van der Waals surface area contributed by atoms with E-state index in [1.165, 1.54) is 25.9 Å². The number of likely N-dealkylation sites (tertiary alicyclic amines) is 1. The molecule has 2 aliphatic heterocycles. The average Bonchev–Trinajstić information content (AvgIpc) is 3.42. The van der Waals surface area contributed by atoms with E-state index in [1.54, 1.807) is 12.4 Å². The quantitative estimate of drug-likeness (QED) is 0.560. The topological polar surface area (TPSA) is 99.4 Å². The van der Waals surface area contributed by atoms with Gasteiger partial charge in [0.2, 0.25) is 11.9 Å². The number of nitrogens with zero attached hydrogens (tertiary/aromatic N) is 4. The van der Waals surface area contributed by atoms with Crippen LogP contribution in [0.5, 0.6) is 0 Å². The zero-order chi connectivity index (χ0) is 23.3. The SMILES string of the molecule is NC(=O)C1=CN(c2ccnc(Nc3ccc(NCCN4CCCC4)cc3)n2)C2=CC=CC=CC12. The summed E-state index contributed by atoms with van der Waals surface area (Å²) >= 11 is 0. The highest BCUT2D eigenvalue weighted by Crippen LogP contribution is 2.37. The molecule has 2 aromatic rings. The number of anilines is 4. The second-order valence-electron chi connectivity index (χ2n) is 8.57. The molecule has 4 N–H and O–H groups in total. The molecule has 1 unspecified atom stereocenters. The van der Waals surface area contributed by atoms with Crippen molar-refractivity contribution in [2.45, 2.75) is 12.8 Å². The zero-order valence-corrected chi connectivity index (χ0v) is 19.0. The fourth-order valence-corrected chi connectivity index (χ4v) is 4.51. The van der Waals surface area contributed by atoms with Crippen molar-refractivity contribution >= 4 is 29.0 Å². The van der Waals surface area contributed by atoms with Gasteiger partial charge in [-0.3, -0.25) is 4.79 Å². The number of fused-ring (bicyclic) bond motifs is 1. The van der Waals surface area contributed by atoms with Gasteiger partial charge in [0, 0.05) is 54.0 Å². The van der Waals surface area contributed by atoms with E-state index in [9.17, 15) is 4.79 Å². The van der Waals surface area contributed by atoms with Crippen LogP contribution in [0.2, 0.25) is 0 Å². The van der Waals surface area contributed by atoms with Gasteiger partial charge >= 0.3 is 0 Å². The number of nitrogens with one attached hydrogen (secondary N) is 2. The van der Waals surface area contributed by atoms with Crippen LogP contribution in [0, 0.1) is 5.92 Å². The van der Waals surface area contributed by atoms with E-state index in [0.29, 0.717) is 17.3 Å². The molecule has 1 aromatic carbocycles. The maximum atomic E-state index is 12.0. The van der Waals surface area contributed by atoms with Crippen LogP contribution < -0.4 is 21.3 Å². The molecule has 0 radical (unpaired) electrons. The Kier molecular flexibility index (Phi) is 6.40. The Hall–Kier alpha value is -3.91. The van der Waals surface area contributed by atoms with Gasteiger partial charge in [-0.15, -0.1) is 0 Å². The minimum atomic E-state index is -0.438. The Balaban J connectivity index is 1.26. The van der Waals surface area contributed by atoms with Crippen molar-refractivity contribution in [3.05, 3.63) is 84.4 Å². The van der Waals surface area contributed by atoms with E-state index in [1.807, 2.05) is 53.5 Å². The molecule has 1 saturated heterocycles. The van der Waals surface area contributed by atoms with Crippen LogP contribution >= 0.6 is 0 Å². The lowest BCUT2D eigenvalue weighted by Gasteiger charge is -2.20. The number of carbonyl (C=O) groups is 1. The fraction of sp³-hybridized carbons (Fsp3) is 0.269. The van der Waals surface area contributed by atoms with Crippen molar-refractivity contribution < 1.29 is 4.79 Å². The normalized spacial score (nSPS) is 19.4. The monoisotopic (exact) mass is 455 g/mol. The Morgan fingerprint density at radius 1 is 1.06 bits per heavy atom. The van der Waals surface area contributed by atoms with Gasteiger partial charge in [-0.05, 0) is 62.3 Å². The summed E-state index contributed by atoms with van der Waals surface area (Å²) in [5.74, 6) is 0.509. The predicted molar refractivity (Wildman–Crippen MR) is 136 cm³/mol. The predicted octanol–water partition coefficient (Wildman–Crippen LogP) is 3.54. The maximum Gasteiger partial charge on any atom is 0.247 e. The van der Waals surface area contributed by atoms with Crippen molar-refractivity contribution in [2.24, 2.45) is 11.7 Å². The van der Waals surface area contributed by atoms with E-state index in [4.69, 9.17) is 5.73 Å². The molecular weight excluding hydrogens is 426 g/mol. The molecule has 0 bridgehead atoms. The molecule has 1 aliphatic carbocycles. The van der Waals surface area contributed by atoms with E-state index >= 15 is 0 Å². The molecule has 1 aromatic heterocycles. The molecule has 34 heavy (non-hydrogen) atoms. The summed E-state index contributed by atoms with van der Waals surface area (Å²) in [6.45, 7) is 4.44. The summed E-state index contributed by atoms with van der Waals surface area (Å²) in [4.78, 5) is 25.4. The summed E-state index contributed by atoms with van der Waals surface area (Å²) in [7, 11) is 0. The van der Waals surface area contributed by atoms with Gasteiger partial charge in [0.05, 0.1) is 0 Å². The second-order valence-corrected chi connectivity index (χ2v) is 8.57. The van der Waals surface area contributed by atoms with Crippen molar-refractivity contribution in [3.63, 3.8) is 0 Å². The minimum absolute atomic E-state index is 0.190. The number of rotatable bonds is 8. The summed E-state index contributed by atoms with van der Waals surface area (Å²) in [6.07, 6.45) is 15.8. The van der Waals surface area contributed by atoms with Crippen molar-refractivity contribution in [1.29, 1.82) is 0 Å². The molecule has 8 nitrogen and oxygen atoms in total. The van der Waals surface area contributed by atoms with E-state index < -0.39 is 5.91 Å². The molecule has 8 heteroatoms. The molecule has 1 amide bonds. The van der Waals surface area contributed by atoms with Gasteiger partial charge in [0.25, 0.3) is 0 Å². The number of hydrogen-bond acceptors (Lipinski definition) is 7. The van der Waals surface area contributed by atoms with Gasteiger partial charge in [-0.2, -0.15) is 4.98 Å². The average molecular weight is 456 g/mol. The van der Waals surface area contributed by atoms with Crippen LogP contribution in [0.4, 0.5) is 23.1 Å². The number of nitrogens with two attached hydrogens (primary N) is 1. The van der Waals surface area contributed by atoms with E-state index in [0.717, 1.165) is 30.2 Å². The van der Waals surface area contributed by atoms with Crippen LogP contribution in [-0.2, 0) is 4.79 Å². The molecule has 3 heterocycles. The second kappa shape index (κ2) is 9.93. The summed E-state index contributed by atoms with van der Waals surface area (Å²) < 4.78 is 0. The highest BCUT2D eigenvalue weighted by atomic mass is 16.1. The number of aromatic nitrogens is 2. The Morgan fingerprint density at radius 3 is 2.65 bits per heavy atom. The molecule has 1 fully saturated rings. The summed E-state index contributed by atoms with van der Waals surface area (Å²) in [5.41, 5.74) is 9.08. The molecule has 1 atom stereocenters. The summed E-state index contributed by atoms with van der Waals surface area (Å²) in [5, 5.41) is 6.75. The van der Waals surface area contributed by atoms with E-state index in [-0.39, 0.29) is 5.92 Å². The van der Waals surface area contributed by atoms with Gasteiger partial charge in [-0.25, -0.2) is 4.98 Å². The van der Waals surface area contributed by atoms with Gasteiger partial charge in [-0.1, -0.05) is 24.3 Å². The number of hydrogen-bond donors (Lipinski definition) is 3. The maximum absolute atomic E-state index is 12.0. The van der Waals surface area contributed by atoms with Crippen LogP contribution in [-0.4, -0.2) is 47.0 Å². The van der Waals surface area contributed by atoms with Crippen LogP contribution in [0.15, 0.2) is 84.4 Å². The third-order valence-electron chi connectivity index (χ3n) is 6.26. The van der Waals surface area contributed by atoms with Crippen molar-refractivity contribution in [2.75, 3.05) is 41.7 Å². The van der Waals surface area contributed by atoms with Gasteiger partial charge in [0.1, 0.15) is 5.82 Å². The third-order valence-corrected chi connectivity index (χ3v) is 6.26. The van der Waals surface area contributed by atoms with Gasteiger partial charge < -0.3 is 26.2 Å². The number of benzene rings is 1. The van der Waals surface area contributed by atoms with Crippen LogP contribution in [0.1, 0.15) is 12.8 Å². The number of amides is 1. The minimum Gasteiger partial charge on any atom is -0.384 e. The van der Waals surface area contributed by atoms with E-state index in [2.05, 4.69) is 37.6 Å². The molecule has 0 saturated carbocycles. The summed E-state index contributed by atoms with van der Waals surface area (Å²) in [6, 6.07) is 9.94. The number of primary amides is 1. The number of allylic oxidation sites excluding steroid dienone is 5. The fourth-order valence-electron chi connectivity index (χ4n) is 4.51. The highest BCUT2D eigenvalue weighted by molar-refractivity contribution is 5.96. The standard InChI is InChI=1S/C26H29N7O/c27-25(34)22-18-33(23-7-3-1-2-6-21(22)23)24-12-13-29-26(31-24)30-20-10-8-19(9-11-20)28-14-17-32-15-4-5-16-32/h1-3,6-13,18,21,28H,4-5,14-17H2,(H2,27,34)(H,29,30,31). The Morgan fingerprint density at radius 2 is 1.85 bits per heavy atom. The third kappa shape index (κ3) is 4.87. The first-order valence-electron chi connectivity index (χ1n) is 11.7. The first-order chi connectivity index (χ1) is 16.7. The van der Waals surface area contributed by atoms with Gasteiger partial charge in [0.15, 0.2) is 0 Å². The molecule has 174 valence electrons. The molecular formula is C26H29N7O. The lowest BCUT2D eigenvalue weighted by atomic mass is 9.98. The first kappa shape index (κ1) is 21.9. The Bertz CT molecular complexity index is 1160. The Labute approximate surface area is 199 Å². The largest absolute Gasteiger partial charge is 0.384 e. The molecule has 0 spiro atoms. The lowest BCUT2D eigenvalue weighted by Crippen LogP contribution is -2.25. The van der Waals surface area contributed by atoms with Crippen molar-refractivity contribution in [3.8, 4) is 0 Å². The van der Waals surface area contributed by atoms with Crippen LogP contribution in [0.25, 0.3) is 0 Å².